The molecule has 0 saturated carbocycles. The van der Waals surface area contributed by atoms with Gasteiger partial charge in [-0.2, -0.15) is 13.2 Å². The molecule has 0 radical (unpaired) electrons. The van der Waals surface area contributed by atoms with E-state index in [1.807, 2.05) is 35.2 Å². The number of piperazine rings is 1. The lowest BCUT2D eigenvalue weighted by Gasteiger charge is -2.36. The number of hydrogen-bond donors (Lipinski definition) is 1. The van der Waals surface area contributed by atoms with Crippen molar-refractivity contribution < 1.29 is 27.4 Å². The van der Waals surface area contributed by atoms with E-state index >= 15 is 0 Å². The van der Waals surface area contributed by atoms with E-state index in [2.05, 4.69) is 5.32 Å². The molecule has 172 valence electrons. The predicted octanol–water partition coefficient (Wildman–Crippen LogP) is 4.60. The number of hydrogen-bond acceptors (Lipinski definition) is 5. The maximum absolute atomic E-state index is 13.5. The second-order valence-corrected chi connectivity index (χ2v) is 7.14. The standard InChI is InChI=1S/C22H27F3N2O3.ClH/c1-28-20-12-17(18(14-22(23,24)25)27-10-8-26-9-11-27)19(13-21(20)29-2)30-15-16-6-4-3-5-7-16;/h3-7,12-13,18,26H,8-11,14-15H2,1-2H3;1H/t18-;/m0./s1. The molecular formula is C22H28ClF3N2O3. The van der Waals surface area contributed by atoms with Crippen molar-refractivity contribution in [1.82, 2.24) is 10.2 Å². The molecule has 0 spiro atoms. The Kier molecular flexibility index (Phi) is 9.28. The molecule has 0 bridgehead atoms. The van der Waals surface area contributed by atoms with Gasteiger partial charge in [0.05, 0.1) is 20.6 Å². The summed E-state index contributed by atoms with van der Waals surface area (Å²) in [5.41, 5.74) is 1.37. The van der Waals surface area contributed by atoms with Crippen molar-refractivity contribution in [2.45, 2.75) is 25.2 Å². The number of ether oxygens (including phenoxy) is 3. The molecule has 1 saturated heterocycles. The van der Waals surface area contributed by atoms with Gasteiger partial charge in [-0.1, -0.05) is 30.3 Å². The van der Waals surface area contributed by atoms with E-state index in [0.29, 0.717) is 49.0 Å². The Labute approximate surface area is 186 Å². The third-order valence-corrected chi connectivity index (χ3v) is 5.13. The molecule has 31 heavy (non-hydrogen) atoms. The Hall–Kier alpha value is -2.16. The Morgan fingerprint density at radius 2 is 1.58 bits per heavy atom. The summed E-state index contributed by atoms with van der Waals surface area (Å²) < 4.78 is 57.3. The van der Waals surface area contributed by atoms with Gasteiger partial charge in [-0.25, -0.2) is 0 Å². The molecule has 9 heteroatoms. The van der Waals surface area contributed by atoms with E-state index in [1.165, 1.54) is 14.2 Å². The highest BCUT2D eigenvalue weighted by Gasteiger charge is 2.37. The largest absolute Gasteiger partial charge is 0.493 e. The lowest BCUT2D eigenvalue weighted by Crippen LogP contribution is -2.46. The van der Waals surface area contributed by atoms with Crippen LogP contribution in [0.4, 0.5) is 13.2 Å². The average molecular weight is 461 g/mol. The molecular weight excluding hydrogens is 433 g/mol. The summed E-state index contributed by atoms with van der Waals surface area (Å²) in [7, 11) is 2.96. The van der Waals surface area contributed by atoms with Gasteiger partial charge < -0.3 is 19.5 Å². The highest BCUT2D eigenvalue weighted by atomic mass is 35.5. The van der Waals surface area contributed by atoms with Gasteiger partial charge in [0.15, 0.2) is 11.5 Å². The fraction of sp³-hybridized carbons (Fsp3) is 0.455. The van der Waals surface area contributed by atoms with Crippen molar-refractivity contribution in [2.24, 2.45) is 0 Å². The zero-order chi connectivity index (χ0) is 21.6. The highest BCUT2D eigenvalue weighted by Crippen LogP contribution is 2.43. The first-order valence-corrected chi connectivity index (χ1v) is 9.85. The molecule has 0 amide bonds. The quantitative estimate of drug-likeness (QED) is 0.623. The molecule has 1 aliphatic heterocycles. The number of nitrogens with zero attached hydrogens (tertiary/aromatic N) is 1. The lowest BCUT2D eigenvalue weighted by molar-refractivity contribution is -0.148. The van der Waals surface area contributed by atoms with E-state index in [-0.39, 0.29) is 19.0 Å². The van der Waals surface area contributed by atoms with Crippen molar-refractivity contribution >= 4 is 12.4 Å². The van der Waals surface area contributed by atoms with Crippen LogP contribution in [-0.2, 0) is 6.61 Å². The number of nitrogens with one attached hydrogen (secondary N) is 1. The van der Waals surface area contributed by atoms with Crippen LogP contribution in [0.15, 0.2) is 42.5 Å². The van der Waals surface area contributed by atoms with Crippen molar-refractivity contribution in [1.29, 1.82) is 0 Å². The van der Waals surface area contributed by atoms with Gasteiger partial charge in [0.25, 0.3) is 0 Å². The molecule has 3 rings (SSSR count). The first kappa shape index (κ1) is 25.1. The first-order valence-electron chi connectivity index (χ1n) is 9.85. The van der Waals surface area contributed by atoms with Gasteiger partial charge in [0.1, 0.15) is 12.4 Å². The molecule has 1 N–H and O–H groups in total. The van der Waals surface area contributed by atoms with E-state index in [9.17, 15) is 13.2 Å². The van der Waals surface area contributed by atoms with Crippen LogP contribution in [0.2, 0.25) is 0 Å². The Morgan fingerprint density at radius 1 is 0.968 bits per heavy atom. The minimum atomic E-state index is -4.32. The third kappa shape index (κ3) is 6.92. The van der Waals surface area contributed by atoms with Crippen LogP contribution < -0.4 is 19.5 Å². The monoisotopic (exact) mass is 460 g/mol. The molecule has 1 fully saturated rings. The van der Waals surface area contributed by atoms with E-state index in [0.717, 1.165) is 5.56 Å². The first-order chi connectivity index (χ1) is 14.4. The average Bonchev–Trinajstić information content (AvgIpc) is 2.76. The molecule has 2 aromatic rings. The highest BCUT2D eigenvalue weighted by molar-refractivity contribution is 5.85. The molecule has 5 nitrogen and oxygen atoms in total. The lowest BCUT2D eigenvalue weighted by atomic mass is 9.98. The predicted molar refractivity (Wildman–Crippen MR) is 115 cm³/mol. The summed E-state index contributed by atoms with van der Waals surface area (Å²) in [4.78, 5) is 1.85. The molecule has 0 unspecified atom stereocenters. The van der Waals surface area contributed by atoms with Gasteiger partial charge in [0, 0.05) is 43.9 Å². The maximum atomic E-state index is 13.5. The number of halogens is 4. The minimum Gasteiger partial charge on any atom is -0.493 e. The number of rotatable bonds is 8. The van der Waals surface area contributed by atoms with Crippen molar-refractivity contribution in [3.8, 4) is 17.2 Å². The second kappa shape index (κ2) is 11.5. The van der Waals surface area contributed by atoms with Crippen molar-refractivity contribution in [3.05, 3.63) is 53.6 Å². The van der Waals surface area contributed by atoms with Gasteiger partial charge in [0.2, 0.25) is 0 Å². The second-order valence-electron chi connectivity index (χ2n) is 7.14. The molecule has 2 aromatic carbocycles. The van der Waals surface area contributed by atoms with Crippen LogP contribution in [0.25, 0.3) is 0 Å². The topological polar surface area (TPSA) is 43.0 Å². The summed E-state index contributed by atoms with van der Waals surface area (Å²) >= 11 is 0. The third-order valence-electron chi connectivity index (χ3n) is 5.13. The SMILES string of the molecule is COc1cc(OCc2ccccc2)c([C@H](CC(F)(F)F)N2CCNCC2)cc1OC.Cl. The molecule has 0 aliphatic carbocycles. The number of methoxy groups -OCH3 is 2. The van der Waals surface area contributed by atoms with Crippen LogP contribution in [0.1, 0.15) is 23.6 Å². The Bertz CT molecular complexity index is 816. The summed E-state index contributed by atoms with van der Waals surface area (Å²) in [6.45, 7) is 2.56. The van der Waals surface area contributed by atoms with Crippen molar-refractivity contribution in [3.63, 3.8) is 0 Å². The minimum absolute atomic E-state index is 0. The Balaban J connectivity index is 0.00000341. The molecule has 1 heterocycles. The Morgan fingerprint density at radius 3 is 2.16 bits per heavy atom. The fourth-order valence-corrected chi connectivity index (χ4v) is 3.65. The molecule has 1 aliphatic rings. The zero-order valence-electron chi connectivity index (χ0n) is 17.6. The van der Waals surface area contributed by atoms with E-state index in [1.54, 1.807) is 12.1 Å². The van der Waals surface area contributed by atoms with Crippen LogP contribution in [0.3, 0.4) is 0 Å². The van der Waals surface area contributed by atoms with E-state index in [4.69, 9.17) is 14.2 Å². The summed E-state index contributed by atoms with van der Waals surface area (Å²) in [6.07, 6.45) is -5.29. The van der Waals surface area contributed by atoms with Crippen LogP contribution in [0.5, 0.6) is 17.2 Å². The fourth-order valence-electron chi connectivity index (χ4n) is 3.65. The summed E-state index contributed by atoms with van der Waals surface area (Å²) in [5, 5.41) is 3.19. The molecule has 0 aromatic heterocycles. The van der Waals surface area contributed by atoms with Crippen LogP contribution >= 0.6 is 12.4 Å². The zero-order valence-corrected chi connectivity index (χ0v) is 18.4. The van der Waals surface area contributed by atoms with Gasteiger partial charge in [-0.3, -0.25) is 4.90 Å². The molecule has 1 atom stereocenters. The van der Waals surface area contributed by atoms with Crippen molar-refractivity contribution in [2.75, 3.05) is 40.4 Å². The van der Waals surface area contributed by atoms with Gasteiger partial charge in [-0.15, -0.1) is 12.4 Å². The normalized spacial score (nSPS) is 15.6. The van der Waals surface area contributed by atoms with Gasteiger partial charge in [-0.05, 0) is 11.6 Å². The smallest absolute Gasteiger partial charge is 0.390 e. The summed E-state index contributed by atoms with van der Waals surface area (Å²) in [6, 6.07) is 11.8. The van der Waals surface area contributed by atoms with Crippen LogP contribution in [0, 0.1) is 0 Å². The summed E-state index contributed by atoms with van der Waals surface area (Å²) in [5.74, 6) is 1.15. The number of benzene rings is 2. The van der Waals surface area contributed by atoms with Gasteiger partial charge >= 0.3 is 6.18 Å². The number of alkyl halides is 3. The maximum Gasteiger partial charge on any atom is 0.390 e. The van der Waals surface area contributed by atoms with Crippen LogP contribution in [-0.4, -0.2) is 51.5 Å². The van der Waals surface area contributed by atoms with E-state index < -0.39 is 18.6 Å².